The summed E-state index contributed by atoms with van der Waals surface area (Å²) in [7, 11) is 0. The van der Waals surface area contributed by atoms with Crippen molar-refractivity contribution in [3.8, 4) is 0 Å². The van der Waals surface area contributed by atoms with Crippen LogP contribution < -0.4 is 5.32 Å². The molecule has 0 aliphatic rings. The largest absolute Gasteiger partial charge is 0.481 e. The molecule has 0 fully saturated rings. The summed E-state index contributed by atoms with van der Waals surface area (Å²) in [4.78, 5) is 22.8. The SMILES string of the molecule is Cc1ccc([C@@H](CC(=O)O)NC(=O)OC(C)(C)C)cc1Br. The van der Waals surface area contributed by atoms with Gasteiger partial charge in [-0.25, -0.2) is 4.79 Å². The number of alkyl carbamates (subject to hydrolysis) is 1. The van der Waals surface area contributed by atoms with Crippen molar-refractivity contribution in [1.82, 2.24) is 5.32 Å². The number of benzene rings is 1. The molecular formula is C15H20BrNO4. The molecular weight excluding hydrogens is 338 g/mol. The van der Waals surface area contributed by atoms with E-state index in [1.165, 1.54) is 0 Å². The molecule has 0 bridgehead atoms. The van der Waals surface area contributed by atoms with Crippen molar-refractivity contribution in [2.45, 2.75) is 45.8 Å². The average Bonchev–Trinajstić information content (AvgIpc) is 2.28. The van der Waals surface area contributed by atoms with E-state index < -0.39 is 23.7 Å². The van der Waals surface area contributed by atoms with Gasteiger partial charge < -0.3 is 15.2 Å². The fraction of sp³-hybridized carbons (Fsp3) is 0.467. The van der Waals surface area contributed by atoms with Crippen LogP contribution in [0, 0.1) is 6.92 Å². The Morgan fingerprint density at radius 3 is 2.48 bits per heavy atom. The maximum absolute atomic E-state index is 11.8. The van der Waals surface area contributed by atoms with Crippen LogP contribution in [0.2, 0.25) is 0 Å². The lowest BCUT2D eigenvalue weighted by Crippen LogP contribution is -2.35. The second kappa shape index (κ2) is 6.93. The highest BCUT2D eigenvalue weighted by Crippen LogP contribution is 2.24. The van der Waals surface area contributed by atoms with Crippen molar-refractivity contribution >= 4 is 28.0 Å². The summed E-state index contributed by atoms with van der Waals surface area (Å²) in [5.74, 6) is -0.993. The molecule has 0 saturated heterocycles. The Morgan fingerprint density at radius 2 is 2.00 bits per heavy atom. The Labute approximate surface area is 132 Å². The fourth-order valence-corrected chi connectivity index (χ4v) is 2.10. The highest BCUT2D eigenvalue weighted by molar-refractivity contribution is 9.10. The quantitative estimate of drug-likeness (QED) is 0.859. The number of carbonyl (C=O) groups is 2. The normalized spacial score (nSPS) is 12.6. The molecule has 21 heavy (non-hydrogen) atoms. The summed E-state index contributed by atoms with van der Waals surface area (Å²) in [5.41, 5.74) is 1.11. The predicted molar refractivity (Wildman–Crippen MR) is 83.2 cm³/mol. The highest BCUT2D eigenvalue weighted by Gasteiger charge is 2.22. The van der Waals surface area contributed by atoms with Crippen molar-refractivity contribution in [2.75, 3.05) is 0 Å². The number of hydrogen-bond acceptors (Lipinski definition) is 3. The van der Waals surface area contributed by atoms with Crippen LogP contribution in [0.25, 0.3) is 0 Å². The molecule has 1 atom stereocenters. The van der Waals surface area contributed by atoms with Crippen molar-refractivity contribution < 1.29 is 19.4 Å². The molecule has 1 aromatic rings. The van der Waals surface area contributed by atoms with Crippen molar-refractivity contribution in [2.24, 2.45) is 0 Å². The maximum Gasteiger partial charge on any atom is 0.408 e. The van der Waals surface area contributed by atoms with Gasteiger partial charge >= 0.3 is 12.1 Å². The van der Waals surface area contributed by atoms with Gasteiger partial charge in [0.05, 0.1) is 12.5 Å². The number of carboxylic acids is 1. The average molecular weight is 358 g/mol. The summed E-state index contributed by atoms with van der Waals surface area (Å²) < 4.78 is 6.03. The van der Waals surface area contributed by atoms with Crippen molar-refractivity contribution in [1.29, 1.82) is 0 Å². The van der Waals surface area contributed by atoms with Crippen LogP contribution in [0.3, 0.4) is 0 Å². The first-order chi connectivity index (χ1) is 9.58. The number of aryl methyl sites for hydroxylation is 1. The number of rotatable bonds is 4. The minimum Gasteiger partial charge on any atom is -0.481 e. The topological polar surface area (TPSA) is 75.6 Å². The number of carbonyl (C=O) groups excluding carboxylic acids is 1. The molecule has 0 heterocycles. The zero-order valence-corrected chi connectivity index (χ0v) is 14.2. The van der Waals surface area contributed by atoms with Gasteiger partial charge in [0.1, 0.15) is 5.60 Å². The number of halogens is 1. The fourth-order valence-electron chi connectivity index (χ4n) is 1.70. The van der Waals surface area contributed by atoms with Gasteiger partial charge in [0.15, 0.2) is 0 Å². The lowest BCUT2D eigenvalue weighted by Gasteiger charge is -2.23. The Bertz CT molecular complexity index is 537. The molecule has 0 aliphatic heterocycles. The monoisotopic (exact) mass is 357 g/mol. The van der Waals surface area contributed by atoms with E-state index in [0.717, 1.165) is 10.0 Å². The Balaban J connectivity index is 2.92. The molecule has 6 heteroatoms. The summed E-state index contributed by atoms with van der Waals surface area (Å²) in [6.07, 6.45) is -0.847. The molecule has 0 aromatic heterocycles. The first-order valence-corrected chi connectivity index (χ1v) is 7.35. The molecule has 0 unspecified atom stereocenters. The summed E-state index contributed by atoms with van der Waals surface area (Å²) >= 11 is 3.40. The van der Waals surface area contributed by atoms with Crippen LogP contribution in [0.4, 0.5) is 4.79 Å². The number of aliphatic carboxylic acids is 1. The smallest absolute Gasteiger partial charge is 0.408 e. The Kier molecular flexibility index (Phi) is 5.78. The zero-order chi connectivity index (χ0) is 16.2. The predicted octanol–water partition coefficient (Wildman–Crippen LogP) is 3.80. The molecule has 5 nitrogen and oxygen atoms in total. The van der Waals surface area contributed by atoms with E-state index in [1.54, 1.807) is 32.9 Å². The summed E-state index contributed by atoms with van der Waals surface area (Å²) in [6.45, 7) is 7.19. The number of amides is 1. The van der Waals surface area contributed by atoms with Crippen LogP contribution >= 0.6 is 15.9 Å². The van der Waals surface area contributed by atoms with Gasteiger partial charge in [-0.15, -0.1) is 0 Å². The van der Waals surface area contributed by atoms with Crippen LogP contribution in [-0.2, 0) is 9.53 Å². The van der Waals surface area contributed by atoms with Gasteiger partial charge in [0.2, 0.25) is 0 Å². The molecule has 1 rings (SSSR count). The molecule has 1 aromatic carbocycles. The van der Waals surface area contributed by atoms with Crippen LogP contribution in [-0.4, -0.2) is 22.8 Å². The summed E-state index contributed by atoms with van der Waals surface area (Å²) in [5, 5.41) is 11.6. The first-order valence-electron chi connectivity index (χ1n) is 6.56. The zero-order valence-electron chi connectivity index (χ0n) is 12.6. The number of ether oxygens (including phenoxy) is 1. The van der Waals surface area contributed by atoms with E-state index in [4.69, 9.17) is 9.84 Å². The lowest BCUT2D eigenvalue weighted by molar-refractivity contribution is -0.137. The van der Waals surface area contributed by atoms with Crippen LogP contribution in [0.15, 0.2) is 22.7 Å². The molecule has 1 amide bonds. The molecule has 0 aliphatic carbocycles. The third-order valence-corrected chi connectivity index (χ3v) is 3.52. The minimum absolute atomic E-state index is 0.214. The van der Waals surface area contributed by atoms with Gasteiger partial charge in [-0.1, -0.05) is 28.1 Å². The van der Waals surface area contributed by atoms with E-state index in [-0.39, 0.29) is 6.42 Å². The van der Waals surface area contributed by atoms with Gasteiger partial charge in [-0.3, -0.25) is 4.79 Å². The van der Waals surface area contributed by atoms with Crippen LogP contribution in [0.5, 0.6) is 0 Å². The van der Waals surface area contributed by atoms with Crippen molar-refractivity contribution in [3.05, 3.63) is 33.8 Å². The van der Waals surface area contributed by atoms with E-state index in [1.807, 2.05) is 13.0 Å². The molecule has 0 radical (unpaired) electrons. The standard InChI is InChI=1S/C15H20BrNO4/c1-9-5-6-10(7-11(9)16)12(8-13(18)19)17-14(20)21-15(2,3)4/h5-7,12H,8H2,1-4H3,(H,17,20)(H,18,19)/t12-/m1/s1. The Hall–Kier alpha value is -1.56. The van der Waals surface area contributed by atoms with E-state index in [9.17, 15) is 9.59 Å². The minimum atomic E-state index is -0.993. The third kappa shape index (κ3) is 6.16. The van der Waals surface area contributed by atoms with Crippen molar-refractivity contribution in [3.63, 3.8) is 0 Å². The third-order valence-electron chi connectivity index (χ3n) is 2.67. The summed E-state index contributed by atoms with van der Waals surface area (Å²) in [6, 6.07) is 4.82. The van der Waals surface area contributed by atoms with Gasteiger partial charge in [-0.2, -0.15) is 0 Å². The lowest BCUT2D eigenvalue weighted by atomic mass is 10.0. The molecule has 0 saturated carbocycles. The second-order valence-electron chi connectivity index (χ2n) is 5.81. The van der Waals surface area contributed by atoms with Gasteiger partial charge in [0, 0.05) is 4.47 Å². The molecule has 116 valence electrons. The van der Waals surface area contributed by atoms with Gasteiger partial charge in [-0.05, 0) is 44.9 Å². The number of nitrogens with one attached hydrogen (secondary N) is 1. The second-order valence-corrected chi connectivity index (χ2v) is 6.66. The first kappa shape index (κ1) is 17.5. The molecule has 0 spiro atoms. The Morgan fingerprint density at radius 1 is 1.38 bits per heavy atom. The molecule has 2 N–H and O–H groups in total. The number of hydrogen-bond donors (Lipinski definition) is 2. The highest BCUT2D eigenvalue weighted by atomic mass is 79.9. The van der Waals surface area contributed by atoms with E-state index in [0.29, 0.717) is 5.56 Å². The number of carboxylic acid groups (broad SMARTS) is 1. The van der Waals surface area contributed by atoms with E-state index in [2.05, 4.69) is 21.2 Å². The van der Waals surface area contributed by atoms with E-state index >= 15 is 0 Å². The van der Waals surface area contributed by atoms with Crippen LogP contribution in [0.1, 0.15) is 44.4 Å². The van der Waals surface area contributed by atoms with Gasteiger partial charge in [0.25, 0.3) is 0 Å². The maximum atomic E-state index is 11.8.